The van der Waals surface area contributed by atoms with Crippen molar-refractivity contribution in [1.29, 1.82) is 0 Å². The lowest BCUT2D eigenvalue weighted by atomic mass is 9.79. The summed E-state index contributed by atoms with van der Waals surface area (Å²) in [6, 6.07) is 22.9. The van der Waals surface area contributed by atoms with Gasteiger partial charge in [-0.3, -0.25) is 0 Å². The van der Waals surface area contributed by atoms with Gasteiger partial charge in [-0.2, -0.15) is 0 Å². The molecule has 0 radical (unpaired) electrons. The van der Waals surface area contributed by atoms with Crippen molar-refractivity contribution < 1.29 is 13.7 Å². The Morgan fingerprint density at radius 1 is 0.714 bits per heavy atom. The van der Waals surface area contributed by atoms with Crippen LogP contribution in [0.4, 0.5) is 0 Å². The molecule has 0 spiro atoms. The number of furan rings is 1. The van der Waals surface area contributed by atoms with Gasteiger partial charge in [-0.25, -0.2) is 0 Å². The molecule has 2 heterocycles. The van der Waals surface area contributed by atoms with Gasteiger partial charge in [0, 0.05) is 10.9 Å². The second-order valence-electron chi connectivity index (χ2n) is 8.52. The second-order valence-corrected chi connectivity index (χ2v) is 8.52. The molecule has 0 aliphatic carbocycles. The summed E-state index contributed by atoms with van der Waals surface area (Å²) < 4.78 is 18.6. The summed E-state index contributed by atoms with van der Waals surface area (Å²) in [5.74, 6) is 0.873. The molecule has 4 aromatic rings. The van der Waals surface area contributed by atoms with Crippen LogP contribution in [0.15, 0.2) is 71.1 Å². The van der Waals surface area contributed by atoms with Crippen LogP contribution in [0, 0.1) is 0 Å². The highest BCUT2D eigenvalue weighted by Crippen LogP contribution is 2.37. The molecule has 3 nitrogen and oxygen atoms in total. The fourth-order valence-corrected chi connectivity index (χ4v) is 3.75. The zero-order valence-corrected chi connectivity index (χ0v) is 16.7. The molecule has 4 heteroatoms. The number of rotatable bonds is 2. The maximum Gasteiger partial charge on any atom is 0.494 e. The normalized spacial score (nSPS) is 18.2. The molecule has 0 unspecified atom stereocenters. The monoisotopic (exact) mass is 370 g/mol. The zero-order chi connectivity index (χ0) is 19.5. The van der Waals surface area contributed by atoms with Gasteiger partial charge in [0.25, 0.3) is 0 Å². The van der Waals surface area contributed by atoms with Gasteiger partial charge >= 0.3 is 7.12 Å². The van der Waals surface area contributed by atoms with E-state index in [0.717, 1.165) is 27.8 Å². The molecule has 1 fully saturated rings. The van der Waals surface area contributed by atoms with Gasteiger partial charge in [-0.1, -0.05) is 54.6 Å². The smallest absolute Gasteiger partial charge is 0.456 e. The molecular formula is C24H23BO3. The van der Waals surface area contributed by atoms with Crippen LogP contribution in [-0.4, -0.2) is 18.3 Å². The molecule has 1 saturated heterocycles. The second kappa shape index (κ2) is 5.97. The average Bonchev–Trinajstić information content (AvgIpc) is 3.18. The van der Waals surface area contributed by atoms with E-state index in [9.17, 15) is 0 Å². The highest BCUT2D eigenvalue weighted by Gasteiger charge is 2.51. The van der Waals surface area contributed by atoms with E-state index in [4.69, 9.17) is 13.7 Å². The molecule has 0 atom stereocenters. The standard InChI is InChI=1S/C24H23BO3/c1-23(2)24(3,4)28-25(27-23)18-13-12-17-14-22(26-21(17)15-18)20-11-7-9-16-8-5-6-10-19(16)20/h5-15H,1-4H3. The van der Waals surface area contributed by atoms with Crippen molar-refractivity contribution in [3.8, 4) is 11.3 Å². The van der Waals surface area contributed by atoms with E-state index in [-0.39, 0.29) is 18.3 Å². The molecule has 140 valence electrons. The van der Waals surface area contributed by atoms with Gasteiger partial charge in [-0.05, 0) is 56.1 Å². The topological polar surface area (TPSA) is 31.6 Å². The Morgan fingerprint density at radius 2 is 1.43 bits per heavy atom. The maximum absolute atomic E-state index is 6.26. The first-order valence-electron chi connectivity index (χ1n) is 9.71. The Kier molecular flexibility index (Phi) is 3.74. The van der Waals surface area contributed by atoms with Crippen molar-refractivity contribution in [2.45, 2.75) is 38.9 Å². The van der Waals surface area contributed by atoms with Crippen molar-refractivity contribution >= 4 is 34.3 Å². The summed E-state index contributed by atoms with van der Waals surface area (Å²) in [4.78, 5) is 0. The Hall–Kier alpha value is -2.56. The molecule has 1 aromatic heterocycles. The van der Waals surface area contributed by atoms with Gasteiger partial charge in [-0.15, -0.1) is 0 Å². The van der Waals surface area contributed by atoms with Crippen LogP contribution in [0.2, 0.25) is 0 Å². The molecule has 3 aromatic carbocycles. The summed E-state index contributed by atoms with van der Waals surface area (Å²) in [6.45, 7) is 8.27. The molecular weight excluding hydrogens is 347 g/mol. The molecule has 0 bridgehead atoms. The Balaban J connectivity index is 1.56. The summed E-state index contributed by atoms with van der Waals surface area (Å²) in [7, 11) is -0.388. The lowest BCUT2D eigenvalue weighted by Crippen LogP contribution is -2.41. The minimum atomic E-state index is -0.388. The van der Waals surface area contributed by atoms with Crippen LogP contribution < -0.4 is 5.46 Å². The number of benzene rings is 3. The van der Waals surface area contributed by atoms with Crippen molar-refractivity contribution in [3.63, 3.8) is 0 Å². The van der Waals surface area contributed by atoms with E-state index in [0.29, 0.717) is 0 Å². The average molecular weight is 370 g/mol. The first kappa shape index (κ1) is 17.5. The largest absolute Gasteiger partial charge is 0.494 e. The molecule has 5 rings (SSSR count). The molecule has 0 saturated carbocycles. The van der Waals surface area contributed by atoms with Gasteiger partial charge in [0.1, 0.15) is 11.3 Å². The maximum atomic E-state index is 6.26. The fourth-order valence-electron chi connectivity index (χ4n) is 3.75. The summed E-state index contributed by atoms with van der Waals surface area (Å²) in [5, 5.41) is 3.47. The molecule has 1 aliphatic heterocycles. The van der Waals surface area contributed by atoms with Gasteiger partial charge in [0.2, 0.25) is 0 Å². The highest BCUT2D eigenvalue weighted by atomic mass is 16.7. The van der Waals surface area contributed by atoms with Crippen LogP contribution in [0.5, 0.6) is 0 Å². The van der Waals surface area contributed by atoms with Crippen LogP contribution in [-0.2, 0) is 9.31 Å². The van der Waals surface area contributed by atoms with E-state index in [2.05, 4.69) is 88.4 Å². The molecule has 0 amide bonds. The Bertz CT molecular complexity index is 1170. The van der Waals surface area contributed by atoms with E-state index < -0.39 is 0 Å². The van der Waals surface area contributed by atoms with Crippen LogP contribution >= 0.6 is 0 Å². The first-order chi connectivity index (χ1) is 13.3. The van der Waals surface area contributed by atoms with Crippen LogP contribution in [0.3, 0.4) is 0 Å². The van der Waals surface area contributed by atoms with E-state index in [1.54, 1.807) is 0 Å². The predicted octanol–water partition coefficient (Wildman–Crippen LogP) is 5.55. The first-order valence-corrected chi connectivity index (χ1v) is 9.71. The van der Waals surface area contributed by atoms with E-state index in [1.165, 1.54) is 10.8 Å². The van der Waals surface area contributed by atoms with Crippen LogP contribution in [0.25, 0.3) is 33.1 Å². The van der Waals surface area contributed by atoms with E-state index >= 15 is 0 Å². The predicted molar refractivity (Wildman–Crippen MR) is 115 cm³/mol. The third-order valence-electron chi connectivity index (χ3n) is 6.12. The highest BCUT2D eigenvalue weighted by molar-refractivity contribution is 6.62. The summed E-state index contributed by atoms with van der Waals surface area (Å²) in [6.07, 6.45) is 0. The molecule has 28 heavy (non-hydrogen) atoms. The lowest BCUT2D eigenvalue weighted by molar-refractivity contribution is 0.00578. The SMILES string of the molecule is CC1(C)OB(c2ccc3cc(-c4cccc5ccccc45)oc3c2)OC1(C)C. The van der Waals surface area contributed by atoms with E-state index in [1.807, 2.05) is 6.07 Å². The zero-order valence-electron chi connectivity index (χ0n) is 16.7. The van der Waals surface area contributed by atoms with Crippen molar-refractivity contribution in [2.75, 3.05) is 0 Å². The number of hydrogen-bond acceptors (Lipinski definition) is 3. The summed E-state index contributed by atoms with van der Waals surface area (Å²) in [5.41, 5.74) is 2.21. The van der Waals surface area contributed by atoms with Crippen molar-refractivity contribution in [3.05, 3.63) is 66.7 Å². The Labute approximate surface area is 165 Å². The quantitative estimate of drug-likeness (QED) is 0.434. The number of fused-ring (bicyclic) bond motifs is 2. The number of hydrogen-bond donors (Lipinski definition) is 0. The Morgan fingerprint density at radius 3 is 2.21 bits per heavy atom. The third kappa shape index (κ3) is 2.68. The van der Waals surface area contributed by atoms with Crippen molar-refractivity contribution in [1.82, 2.24) is 0 Å². The van der Waals surface area contributed by atoms with Crippen LogP contribution in [0.1, 0.15) is 27.7 Å². The minimum Gasteiger partial charge on any atom is -0.456 e. The van der Waals surface area contributed by atoms with Gasteiger partial charge < -0.3 is 13.7 Å². The van der Waals surface area contributed by atoms with Crippen molar-refractivity contribution in [2.24, 2.45) is 0 Å². The van der Waals surface area contributed by atoms with Gasteiger partial charge in [0.05, 0.1) is 11.2 Å². The molecule has 1 aliphatic rings. The third-order valence-corrected chi connectivity index (χ3v) is 6.12. The van der Waals surface area contributed by atoms with Gasteiger partial charge in [0.15, 0.2) is 0 Å². The summed E-state index contributed by atoms with van der Waals surface area (Å²) >= 11 is 0. The lowest BCUT2D eigenvalue weighted by Gasteiger charge is -2.32. The fraction of sp³-hybridized carbons (Fsp3) is 0.250. The minimum absolute atomic E-state index is 0.357. The molecule has 0 N–H and O–H groups in total.